The Morgan fingerprint density at radius 1 is 1.30 bits per heavy atom. The number of carbonyl (C=O) groups excluding carboxylic acids is 1. The van der Waals surface area contributed by atoms with Gasteiger partial charge in [-0.1, -0.05) is 6.07 Å². The molecule has 20 heavy (non-hydrogen) atoms. The van der Waals surface area contributed by atoms with Gasteiger partial charge in [-0.3, -0.25) is 9.59 Å². The van der Waals surface area contributed by atoms with Gasteiger partial charge in [-0.25, -0.2) is 0 Å². The Morgan fingerprint density at radius 2 is 2.05 bits per heavy atom. The second-order valence-corrected chi connectivity index (χ2v) is 4.42. The Morgan fingerprint density at radius 3 is 2.75 bits per heavy atom. The van der Waals surface area contributed by atoms with E-state index >= 15 is 0 Å². The Hall–Kier alpha value is -2.24. The molecule has 1 unspecified atom stereocenters. The number of aliphatic carboxylic acids is 1. The maximum Gasteiger partial charge on any atom is 0.306 e. The zero-order valence-electron chi connectivity index (χ0n) is 11.1. The minimum atomic E-state index is -0.961. The smallest absolute Gasteiger partial charge is 0.306 e. The molecule has 1 aromatic carbocycles. The predicted molar refractivity (Wildman–Crippen MR) is 68.8 cm³/mol. The molecule has 0 amide bonds. The van der Waals surface area contributed by atoms with Crippen molar-refractivity contribution in [3.63, 3.8) is 0 Å². The first-order valence-corrected chi connectivity index (χ1v) is 6.37. The highest BCUT2D eigenvalue weighted by atomic mass is 16.7. The van der Waals surface area contributed by atoms with E-state index in [2.05, 4.69) is 0 Å². The number of fused-ring (bicyclic) bond motifs is 1. The van der Waals surface area contributed by atoms with E-state index in [0.717, 1.165) is 5.56 Å². The summed E-state index contributed by atoms with van der Waals surface area (Å²) in [4.78, 5) is 22.5. The molecule has 1 aliphatic heterocycles. The Kier molecular flexibility index (Phi) is 4.45. The lowest BCUT2D eigenvalue weighted by Crippen LogP contribution is -2.13. The third-order valence-electron chi connectivity index (χ3n) is 3.01. The molecule has 1 heterocycles. The molecule has 1 aliphatic rings. The number of hydrogen-bond donors (Lipinski definition) is 1. The summed E-state index contributed by atoms with van der Waals surface area (Å²) in [5.74, 6) is -0.616. The fourth-order valence-corrected chi connectivity index (χ4v) is 2.11. The molecule has 0 bridgehead atoms. The minimum Gasteiger partial charge on any atom is -0.481 e. The van der Waals surface area contributed by atoms with Gasteiger partial charge in [0.15, 0.2) is 11.5 Å². The Bertz CT molecular complexity index is 510. The van der Waals surface area contributed by atoms with Gasteiger partial charge in [0, 0.05) is 5.92 Å². The van der Waals surface area contributed by atoms with E-state index < -0.39 is 17.9 Å². The van der Waals surface area contributed by atoms with Crippen molar-refractivity contribution in [1.29, 1.82) is 0 Å². The second-order valence-electron chi connectivity index (χ2n) is 4.42. The summed E-state index contributed by atoms with van der Waals surface area (Å²) >= 11 is 0. The first-order chi connectivity index (χ1) is 9.60. The van der Waals surface area contributed by atoms with E-state index in [9.17, 15) is 9.59 Å². The third-order valence-corrected chi connectivity index (χ3v) is 3.01. The number of ether oxygens (including phenoxy) is 3. The number of carbonyl (C=O) groups is 2. The molecule has 0 aliphatic carbocycles. The van der Waals surface area contributed by atoms with Gasteiger partial charge in [-0.05, 0) is 24.6 Å². The van der Waals surface area contributed by atoms with Gasteiger partial charge in [0.05, 0.1) is 19.4 Å². The minimum absolute atomic E-state index is 0.0276. The fourth-order valence-electron chi connectivity index (χ4n) is 2.11. The van der Waals surface area contributed by atoms with E-state index in [4.69, 9.17) is 19.3 Å². The quantitative estimate of drug-likeness (QED) is 0.802. The molecular formula is C14H16O6. The standard InChI is InChI=1S/C14H16O6/c1-2-18-14(17)7-10(6-13(15)16)9-3-4-11-12(5-9)20-8-19-11/h3-5,10H,2,6-8H2,1H3,(H,15,16). The Balaban J connectivity index is 2.17. The second kappa shape index (κ2) is 6.27. The van der Waals surface area contributed by atoms with Crippen LogP contribution in [0.3, 0.4) is 0 Å². The highest BCUT2D eigenvalue weighted by Gasteiger charge is 2.23. The Labute approximate surface area is 116 Å². The van der Waals surface area contributed by atoms with Gasteiger partial charge >= 0.3 is 11.9 Å². The van der Waals surface area contributed by atoms with Crippen molar-refractivity contribution in [2.24, 2.45) is 0 Å². The monoisotopic (exact) mass is 280 g/mol. The van der Waals surface area contributed by atoms with E-state index in [1.165, 1.54) is 0 Å². The number of carboxylic acid groups (broad SMARTS) is 1. The number of esters is 1. The normalized spacial score (nSPS) is 13.8. The summed E-state index contributed by atoms with van der Waals surface area (Å²) < 4.78 is 15.3. The summed E-state index contributed by atoms with van der Waals surface area (Å²) in [6.45, 7) is 2.14. The van der Waals surface area contributed by atoms with E-state index in [0.29, 0.717) is 11.5 Å². The molecule has 0 saturated heterocycles. The zero-order chi connectivity index (χ0) is 14.5. The van der Waals surface area contributed by atoms with Gasteiger partial charge in [-0.15, -0.1) is 0 Å². The van der Waals surface area contributed by atoms with Gasteiger partial charge in [0.2, 0.25) is 6.79 Å². The first-order valence-electron chi connectivity index (χ1n) is 6.37. The van der Waals surface area contributed by atoms with Crippen molar-refractivity contribution in [2.45, 2.75) is 25.7 Å². The van der Waals surface area contributed by atoms with Crippen LogP contribution in [0.2, 0.25) is 0 Å². The lowest BCUT2D eigenvalue weighted by atomic mass is 9.92. The van der Waals surface area contributed by atoms with Gasteiger partial charge in [-0.2, -0.15) is 0 Å². The van der Waals surface area contributed by atoms with Gasteiger partial charge < -0.3 is 19.3 Å². The number of benzene rings is 1. The largest absolute Gasteiger partial charge is 0.481 e. The first kappa shape index (κ1) is 14.2. The molecule has 1 aromatic rings. The third kappa shape index (κ3) is 3.40. The average molecular weight is 280 g/mol. The van der Waals surface area contributed by atoms with Crippen LogP contribution in [0, 0.1) is 0 Å². The van der Waals surface area contributed by atoms with Crippen molar-refractivity contribution in [2.75, 3.05) is 13.4 Å². The van der Waals surface area contributed by atoms with Crippen LogP contribution < -0.4 is 9.47 Å². The van der Waals surface area contributed by atoms with Crippen LogP contribution in [-0.4, -0.2) is 30.4 Å². The summed E-state index contributed by atoms with van der Waals surface area (Å²) in [5, 5.41) is 8.97. The molecule has 108 valence electrons. The van der Waals surface area contributed by atoms with Crippen molar-refractivity contribution in [1.82, 2.24) is 0 Å². The van der Waals surface area contributed by atoms with Crippen LogP contribution in [-0.2, 0) is 14.3 Å². The summed E-state index contributed by atoms with van der Waals surface area (Å²) in [5.41, 5.74) is 0.727. The maximum atomic E-state index is 11.6. The van der Waals surface area contributed by atoms with Crippen molar-refractivity contribution in [3.05, 3.63) is 23.8 Å². The van der Waals surface area contributed by atoms with Crippen LogP contribution in [0.5, 0.6) is 11.5 Å². The average Bonchev–Trinajstić information content (AvgIpc) is 2.84. The molecule has 6 heteroatoms. The van der Waals surface area contributed by atoms with E-state index in [-0.39, 0.29) is 26.2 Å². The lowest BCUT2D eigenvalue weighted by molar-refractivity contribution is -0.144. The van der Waals surface area contributed by atoms with Gasteiger partial charge in [0.1, 0.15) is 0 Å². The summed E-state index contributed by atoms with van der Waals surface area (Å²) in [6.07, 6.45) is -0.113. The van der Waals surface area contributed by atoms with Crippen LogP contribution in [0.15, 0.2) is 18.2 Å². The molecule has 0 fully saturated rings. The molecule has 6 nitrogen and oxygen atoms in total. The van der Waals surface area contributed by atoms with Crippen LogP contribution in [0.25, 0.3) is 0 Å². The topological polar surface area (TPSA) is 82.1 Å². The fraction of sp³-hybridized carbons (Fsp3) is 0.429. The highest BCUT2D eigenvalue weighted by Crippen LogP contribution is 2.36. The van der Waals surface area contributed by atoms with E-state index in [1.54, 1.807) is 25.1 Å². The summed E-state index contributed by atoms with van der Waals surface area (Å²) in [7, 11) is 0. The molecule has 0 saturated carbocycles. The predicted octanol–water partition coefficient (Wildman–Crippen LogP) is 1.93. The van der Waals surface area contributed by atoms with Crippen LogP contribution in [0.1, 0.15) is 31.2 Å². The number of carboxylic acids is 1. The van der Waals surface area contributed by atoms with Crippen LogP contribution in [0.4, 0.5) is 0 Å². The summed E-state index contributed by atoms with van der Waals surface area (Å²) in [6, 6.07) is 5.19. The number of hydrogen-bond acceptors (Lipinski definition) is 5. The van der Waals surface area contributed by atoms with Crippen molar-refractivity contribution < 1.29 is 28.9 Å². The molecular weight excluding hydrogens is 264 g/mol. The molecule has 0 spiro atoms. The molecule has 2 rings (SSSR count). The molecule has 1 N–H and O–H groups in total. The van der Waals surface area contributed by atoms with Crippen LogP contribution >= 0.6 is 0 Å². The van der Waals surface area contributed by atoms with Gasteiger partial charge in [0.25, 0.3) is 0 Å². The zero-order valence-corrected chi connectivity index (χ0v) is 11.1. The molecule has 0 radical (unpaired) electrons. The SMILES string of the molecule is CCOC(=O)CC(CC(=O)O)c1ccc2c(c1)OCO2. The van der Waals surface area contributed by atoms with E-state index in [1.807, 2.05) is 0 Å². The molecule has 0 aromatic heterocycles. The van der Waals surface area contributed by atoms with Crippen molar-refractivity contribution in [3.8, 4) is 11.5 Å². The van der Waals surface area contributed by atoms with Crippen molar-refractivity contribution >= 4 is 11.9 Å². The highest BCUT2D eigenvalue weighted by molar-refractivity contribution is 5.74. The molecule has 1 atom stereocenters. The maximum absolute atomic E-state index is 11.6. The number of rotatable bonds is 6. The lowest BCUT2D eigenvalue weighted by Gasteiger charge is -2.15.